The first-order valence-corrected chi connectivity index (χ1v) is 8.31. The lowest BCUT2D eigenvalue weighted by Crippen LogP contribution is -2.14. The number of aromatic hydroxyl groups is 1. The SMILES string of the molecule is C=CC(=O)Oc1cc(-n2nc3ccc(Cl)cc3n2)c(O)c(C(C)(C)C)c1. The van der Waals surface area contributed by atoms with Crippen LogP contribution in [0.3, 0.4) is 0 Å². The van der Waals surface area contributed by atoms with Crippen LogP contribution >= 0.6 is 11.6 Å². The molecule has 0 atom stereocenters. The first kappa shape index (κ1) is 17.9. The molecular formula is C19H18ClN3O3. The lowest BCUT2D eigenvalue weighted by molar-refractivity contribution is -0.128. The standard InChI is InChI=1S/C19H18ClN3O3/c1-5-17(24)26-12-9-13(19(2,3)4)18(25)16(10-12)23-21-14-7-6-11(20)8-15(14)22-23/h5-10,25H,1H2,2-4H3. The quantitative estimate of drug-likeness (QED) is 0.425. The number of esters is 1. The van der Waals surface area contributed by atoms with Gasteiger partial charge in [0.1, 0.15) is 28.2 Å². The van der Waals surface area contributed by atoms with Gasteiger partial charge in [0.25, 0.3) is 0 Å². The third kappa shape index (κ3) is 3.41. The maximum absolute atomic E-state index is 11.6. The second-order valence-corrected chi connectivity index (χ2v) is 7.27. The fourth-order valence-corrected chi connectivity index (χ4v) is 2.70. The van der Waals surface area contributed by atoms with Crippen LogP contribution in [0.2, 0.25) is 5.02 Å². The average molecular weight is 372 g/mol. The molecular weight excluding hydrogens is 354 g/mol. The monoisotopic (exact) mass is 371 g/mol. The van der Waals surface area contributed by atoms with Crippen LogP contribution in [0.15, 0.2) is 43.0 Å². The number of hydrogen-bond acceptors (Lipinski definition) is 5. The third-order valence-electron chi connectivity index (χ3n) is 3.81. The highest BCUT2D eigenvalue weighted by Crippen LogP contribution is 2.38. The van der Waals surface area contributed by atoms with E-state index in [1.54, 1.807) is 24.3 Å². The van der Waals surface area contributed by atoms with Gasteiger partial charge in [0.2, 0.25) is 0 Å². The molecule has 0 fully saturated rings. The van der Waals surface area contributed by atoms with Crippen LogP contribution in [-0.4, -0.2) is 26.1 Å². The summed E-state index contributed by atoms with van der Waals surface area (Å²) in [7, 11) is 0. The minimum Gasteiger partial charge on any atom is -0.505 e. The zero-order valence-corrected chi connectivity index (χ0v) is 15.4. The third-order valence-corrected chi connectivity index (χ3v) is 4.05. The summed E-state index contributed by atoms with van der Waals surface area (Å²) in [5, 5.41) is 20.1. The minimum absolute atomic E-state index is 0.0160. The summed E-state index contributed by atoms with van der Waals surface area (Å²) in [4.78, 5) is 12.9. The van der Waals surface area contributed by atoms with E-state index >= 15 is 0 Å². The van der Waals surface area contributed by atoms with E-state index in [0.717, 1.165) is 6.08 Å². The van der Waals surface area contributed by atoms with Crippen molar-refractivity contribution in [2.24, 2.45) is 0 Å². The largest absolute Gasteiger partial charge is 0.505 e. The molecule has 0 spiro atoms. The molecule has 26 heavy (non-hydrogen) atoms. The van der Waals surface area contributed by atoms with Crippen molar-refractivity contribution in [1.82, 2.24) is 15.0 Å². The Morgan fingerprint density at radius 3 is 2.58 bits per heavy atom. The zero-order valence-electron chi connectivity index (χ0n) is 14.7. The summed E-state index contributed by atoms with van der Waals surface area (Å²) in [6.45, 7) is 9.22. The lowest BCUT2D eigenvalue weighted by atomic mass is 9.86. The molecule has 7 heteroatoms. The predicted molar refractivity (Wildman–Crippen MR) is 100 cm³/mol. The molecule has 0 aliphatic rings. The van der Waals surface area contributed by atoms with Gasteiger partial charge >= 0.3 is 5.97 Å². The number of hydrogen-bond donors (Lipinski definition) is 1. The van der Waals surface area contributed by atoms with E-state index in [0.29, 0.717) is 27.3 Å². The first-order chi connectivity index (χ1) is 12.2. The van der Waals surface area contributed by atoms with Crippen LogP contribution in [0.1, 0.15) is 26.3 Å². The van der Waals surface area contributed by atoms with Crippen molar-refractivity contribution >= 4 is 28.6 Å². The summed E-state index contributed by atoms with van der Waals surface area (Å²) in [5.41, 5.74) is 1.71. The van der Waals surface area contributed by atoms with Gasteiger partial charge in [-0.1, -0.05) is 39.0 Å². The highest BCUT2D eigenvalue weighted by molar-refractivity contribution is 6.31. The summed E-state index contributed by atoms with van der Waals surface area (Å²) in [6, 6.07) is 8.27. The molecule has 0 radical (unpaired) electrons. The molecule has 3 aromatic rings. The number of nitrogens with zero attached hydrogens (tertiary/aromatic N) is 3. The van der Waals surface area contributed by atoms with E-state index in [1.165, 1.54) is 10.9 Å². The zero-order chi connectivity index (χ0) is 19.1. The molecule has 1 aromatic heterocycles. The van der Waals surface area contributed by atoms with Gasteiger partial charge in [-0.3, -0.25) is 0 Å². The molecule has 0 amide bonds. The number of carbonyl (C=O) groups excluding carboxylic acids is 1. The van der Waals surface area contributed by atoms with Crippen LogP contribution in [-0.2, 0) is 10.2 Å². The normalized spacial score (nSPS) is 11.5. The molecule has 0 aliphatic carbocycles. The van der Waals surface area contributed by atoms with Gasteiger partial charge < -0.3 is 9.84 Å². The van der Waals surface area contributed by atoms with Crippen LogP contribution in [0.5, 0.6) is 11.5 Å². The van der Waals surface area contributed by atoms with E-state index in [-0.39, 0.29) is 11.5 Å². The average Bonchev–Trinajstić information content (AvgIpc) is 2.97. The molecule has 134 valence electrons. The van der Waals surface area contributed by atoms with Crippen molar-refractivity contribution in [3.05, 3.63) is 53.6 Å². The van der Waals surface area contributed by atoms with Crippen molar-refractivity contribution in [1.29, 1.82) is 0 Å². The summed E-state index contributed by atoms with van der Waals surface area (Å²) in [6.07, 6.45) is 1.08. The van der Waals surface area contributed by atoms with Crippen molar-refractivity contribution in [3.63, 3.8) is 0 Å². The van der Waals surface area contributed by atoms with Gasteiger partial charge in [0.05, 0.1) is 0 Å². The van der Waals surface area contributed by atoms with Gasteiger partial charge in [-0.05, 0) is 29.7 Å². The van der Waals surface area contributed by atoms with Crippen molar-refractivity contribution in [2.45, 2.75) is 26.2 Å². The molecule has 1 N–H and O–H groups in total. The summed E-state index contributed by atoms with van der Waals surface area (Å²) >= 11 is 6.00. The van der Waals surface area contributed by atoms with Gasteiger partial charge in [-0.2, -0.15) is 0 Å². The summed E-state index contributed by atoms with van der Waals surface area (Å²) in [5.74, 6) is -0.304. The van der Waals surface area contributed by atoms with Gasteiger partial charge in [0.15, 0.2) is 0 Å². The van der Waals surface area contributed by atoms with Crippen molar-refractivity contribution in [2.75, 3.05) is 0 Å². The fraction of sp³-hybridized carbons (Fsp3) is 0.211. The Morgan fingerprint density at radius 1 is 1.23 bits per heavy atom. The highest BCUT2D eigenvalue weighted by Gasteiger charge is 2.24. The second-order valence-electron chi connectivity index (χ2n) is 6.84. The molecule has 3 rings (SSSR count). The molecule has 0 bridgehead atoms. The van der Waals surface area contributed by atoms with Crippen molar-refractivity contribution < 1.29 is 14.6 Å². The van der Waals surface area contributed by atoms with E-state index in [1.807, 2.05) is 20.8 Å². The topological polar surface area (TPSA) is 77.2 Å². The number of phenolic OH excluding ortho intramolecular Hbond substituents is 1. The number of phenols is 1. The maximum Gasteiger partial charge on any atom is 0.335 e. The minimum atomic E-state index is -0.591. The number of benzene rings is 2. The molecule has 2 aromatic carbocycles. The molecule has 0 aliphatic heterocycles. The molecule has 0 unspecified atom stereocenters. The predicted octanol–water partition coefficient (Wildman–Crippen LogP) is 4.17. The number of fused-ring (bicyclic) bond motifs is 1. The number of rotatable bonds is 3. The van der Waals surface area contributed by atoms with E-state index < -0.39 is 11.4 Å². The number of aromatic nitrogens is 3. The van der Waals surface area contributed by atoms with E-state index in [4.69, 9.17) is 16.3 Å². The van der Waals surface area contributed by atoms with Crippen molar-refractivity contribution in [3.8, 4) is 17.2 Å². The number of halogens is 1. The van der Waals surface area contributed by atoms with Crippen LogP contribution < -0.4 is 4.74 Å². The Morgan fingerprint density at radius 2 is 1.92 bits per heavy atom. The van der Waals surface area contributed by atoms with E-state index in [2.05, 4.69) is 16.8 Å². The van der Waals surface area contributed by atoms with Gasteiger partial charge in [-0.25, -0.2) is 4.79 Å². The van der Waals surface area contributed by atoms with Crippen LogP contribution in [0.4, 0.5) is 0 Å². The number of ether oxygens (including phenoxy) is 1. The Hall–Kier alpha value is -2.86. The maximum atomic E-state index is 11.6. The Kier molecular flexibility index (Phi) is 4.46. The second kappa shape index (κ2) is 6.46. The van der Waals surface area contributed by atoms with Gasteiger partial charge in [0, 0.05) is 22.7 Å². The molecule has 1 heterocycles. The molecule has 6 nitrogen and oxygen atoms in total. The molecule has 0 saturated heterocycles. The molecule has 0 saturated carbocycles. The van der Waals surface area contributed by atoms with Crippen LogP contribution in [0, 0.1) is 0 Å². The van der Waals surface area contributed by atoms with Gasteiger partial charge in [-0.15, -0.1) is 15.0 Å². The lowest BCUT2D eigenvalue weighted by Gasteiger charge is -2.22. The Labute approximate surface area is 155 Å². The first-order valence-electron chi connectivity index (χ1n) is 7.94. The Balaban J connectivity index is 2.21. The van der Waals surface area contributed by atoms with E-state index in [9.17, 15) is 9.90 Å². The number of carbonyl (C=O) groups is 1. The summed E-state index contributed by atoms with van der Waals surface area (Å²) < 4.78 is 5.25. The van der Waals surface area contributed by atoms with Crippen LogP contribution in [0.25, 0.3) is 16.7 Å². The Bertz CT molecular complexity index is 1020. The fourth-order valence-electron chi connectivity index (χ4n) is 2.53. The highest BCUT2D eigenvalue weighted by atomic mass is 35.5. The smallest absolute Gasteiger partial charge is 0.335 e.